The first-order valence-corrected chi connectivity index (χ1v) is 5.34. The Hall–Kier alpha value is -0.860. The van der Waals surface area contributed by atoms with Crippen LogP contribution in [0.2, 0.25) is 0 Å². The molecule has 0 amide bonds. The van der Waals surface area contributed by atoms with Crippen molar-refractivity contribution in [3.05, 3.63) is 35.9 Å². The highest BCUT2D eigenvalue weighted by molar-refractivity contribution is 5.21. The highest BCUT2D eigenvalue weighted by Crippen LogP contribution is 2.24. The minimum atomic E-state index is 0.377. The summed E-state index contributed by atoms with van der Waals surface area (Å²) in [6.45, 7) is 4.37. The van der Waals surface area contributed by atoms with Crippen LogP contribution in [0, 0.1) is 0 Å². The van der Waals surface area contributed by atoms with Gasteiger partial charge in [-0.25, -0.2) is 0 Å². The molecule has 0 spiro atoms. The van der Waals surface area contributed by atoms with E-state index in [0.29, 0.717) is 12.0 Å². The summed E-state index contributed by atoms with van der Waals surface area (Å²) in [6, 6.07) is 10.9. The lowest BCUT2D eigenvalue weighted by Gasteiger charge is -2.24. The molecule has 0 heterocycles. The van der Waals surface area contributed by atoms with E-state index in [-0.39, 0.29) is 0 Å². The number of nitrogens with two attached hydrogens (primary N) is 1. The zero-order valence-corrected chi connectivity index (χ0v) is 9.03. The lowest BCUT2D eigenvalue weighted by atomic mass is 9.88. The van der Waals surface area contributed by atoms with Gasteiger partial charge in [-0.15, -0.1) is 0 Å². The molecule has 3 N–H and O–H groups in total. The van der Waals surface area contributed by atoms with Gasteiger partial charge in [0.15, 0.2) is 0 Å². The predicted octanol–water partition coefficient (Wildman–Crippen LogP) is 2.42. The molecule has 1 aromatic rings. The van der Waals surface area contributed by atoms with E-state index in [9.17, 15) is 0 Å². The fourth-order valence-electron chi connectivity index (χ4n) is 1.97. The van der Waals surface area contributed by atoms with Gasteiger partial charge in [0.05, 0.1) is 0 Å². The summed E-state index contributed by atoms with van der Waals surface area (Å²) in [4.78, 5) is 0. The van der Waals surface area contributed by atoms with Crippen LogP contribution in [0.5, 0.6) is 0 Å². The van der Waals surface area contributed by atoms with Crippen molar-refractivity contribution in [3.63, 3.8) is 0 Å². The van der Waals surface area contributed by atoms with Gasteiger partial charge in [0, 0.05) is 12.0 Å². The van der Waals surface area contributed by atoms with E-state index in [2.05, 4.69) is 43.5 Å². The summed E-state index contributed by atoms with van der Waals surface area (Å²) in [5, 5.41) is 0. The van der Waals surface area contributed by atoms with Crippen molar-refractivity contribution in [2.45, 2.75) is 38.6 Å². The molecular formula is C12H20N2. The Balaban J connectivity index is 2.81. The normalized spacial score (nSPS) is 15.1. The van der Waals surface area contributed by atoms with Gasteiger partial charge < -0.3 is 0 Å². The van der Waals surface area contributed by atoms with Crippen LogP contribution in [0.4, 0.5) is 0 Å². The average molecular weight is 192 g/mol. The molecule has 0 saturated heterocycles. The molecule has 2 nitrogen and oxygen atoms in total. The summed E-state index contributed by atoms with van der Waals surface area (Å²) in [5.74, 6) is 6.07. The number of benzene rings is 1. The van der Waals surface area contributed by atoms with Crippen molar-refractivity contribution in [1.82, 2.24) is 5.43 Å². The van der Waals surface area contributed by atoms with Crippen molar-refractivity contribution in [2.75, 3.05) is 0 Å². The number of hydrazine groups is 1. The van der Waals surface area contributed by atoms with Gasteiger partial charge in [-0.3, -0.25) is 11.3 Å². The number of hydrogen-bond acceptors (Lipinski definition) is 2. The van der Waals surface area contributed by atoms with Gasteiger partial charge in [0.2, 0.25) is 0 Å². The minimum absolute atomic E-state index is 0.377. The van der Waals surface area contributed by atoms with Crippen molar-refractivity contribution >= 4 is 0 Å². The molecule has 0 aromatic heterocycles. The maximum Gasteiger partial charge on any atom is 0.0276 e. The second kappa shape index (κ2) is 5.78. The first-order valence-electron chi connectivity index (χ1n) is 5.34. The topological polar surface area (TPSA) is 38.0 Å². The first-order chi connectivity index (χ1) is 6.83. The van der Waals surface area contributed by atoms with Gasteiger partial charge >= 0.3 is 0 Å². The Morgan fingerprint density at radius 3 is 2.21 bits per heavy atom. The fourth-order valence-corrected chi connectivity index (χ4v) is 1.97. The SMILES string of the molecule is CCC(NN)C(CC)c1ccccc1. The zero-order valence-electron chi connectivity index (χ0n) is 9.03. The van der Waals surface area contributed by atoms with Gasteiger partial charge in [-0.1, -0.05) is 44.2 Å². The molecule has 0 fully saturated rings. The average Bonchev–Trinajstić information content (AvgIpc) is 2.27. The molecule has 2 heteroatoms. The Morgan fingerprint density at radius 2 is 1.79 bits per heavy atom. The molecule has 14 heavy (non-hydrogen) atoms. The predicted molar refractivity (Wildman–Crippen MR) is 60.9 cm³/mol. The molecular weight excluding hydrogens is 172 g/mol. The van der Waals surface area contributed by atoms with Crippen LogP contribution < -0.4 is 11.3 Å². The van der Waals surface area contributed by atoms with E-state index in [0.717, 1.165) is 12.8 Å². The highest BCUT2D eigenvalue weighted by atomic mass is 15.2. The summed E-state index contributed by atoms with van der Waals surface area (Å²) >= 11 is 0. The van der Waals surface area contributed by atoms with Crippen LogP contribution in [-0.2, 0) is 0 Å². The molecule has 0 bridgehead atoms. The molecule has 0 saturated carbocycles. The third-order valence-electron chi connectivity index (χ3n) is 2.81. The van der Waals surface area contributed by atoms with Gasteiger partial charge in [-0.05, 0) is 18.4 Å². The highest BCUT2D eigenvalue weighted by Gasteiger charge is 2.18. The molecule has 2 atom stereocenters. The lowest BCUT2D eigenvalue weighted by Crippen LogP contribution is -2.39. The number of hydrogen-bond donors (Lipinski definition) is 2. The Kier molecular flexibility index (Phi) is 4.63. The van der Waals surface area contributed by atoms with Crippen molar-refractivity contribution in [3.8, 4) is 0 Å². The molecule has 1 rings (SSSR count). The number of rotatable bonds is 5. The van der Waals surface area contributed by atoms with Crippen LogP contribution >= 0.6 is 0 Å². The maximum atomic E-state index is 5.55. The maximum absolute atomic E-state index is 5.55. The van der Waals surface area contributed by atoms with Crippen LogP contribution in [0.1, 0.15) is 38.2 Å². The van der Waals surface area contributed by atoms with Crippen LogP contribution in [0.25, 0.3) is 0 Å². The molecule has 0 aliphatic carbocycles. The standard InChI is InChI=1S/C12H20N2/c1-3-11(12(4-2)14-13)10-8-6-5-7-9-10/h5-9,11-12,14H,3-4,13H2,1-2H3. The van der Waals surface area contributed by atoms with E-state index in [1.807, 2.05) is 6.07 Å². The van der Waals surface area contributed by atoms with E-state index in [1.54, 1.807) is 0 Å². The third-order valence-corrected chi connectivity index (χ3v) is 2.81. The fraction of sp³-hybridized carbons (Fsp3) is 0.500. The smallest absolute Gasteiger partial charge is 0.0276 e. The molecule has 2 unspecified atom stereocenters. The summed E-state index contributed by atoms with van der Waals surface area (Å²) in [5.41, 5.74) is 4.28. The third kappa shape index (κ3) is 2.56. The van der Waals surface area contributed by atoms with Crippen molar-refractivity contribution in [2.24, 2.45) is 5.84 Å². The largest absolute Gasteiger partial charge is 0.271 e. The van der Waals surface area contributed by atoms with Crippen molar-refractivity contribution < 1.29 is 0 Å². The molecule has 0 radical (unpaired) electrons. The molecule has 0 aliphatic rings. The first kappa shape index (κ1) is 11.2. The zero-order chi connectivity index (χ0) is 10.4. The number of nitrogens with one attached hydrogen (secondary N) is 1. The van der Waals surface area contributed by atoms with E-state index in [1.165, 1.54) is 5.56 Å². The second-order valence-corrected chi connectivity index (χ2v) is 3.61. The Labute approximate surface area is 86.5 Å². The van der Waals surface area contributed by atoms with Gasteiger partial charge in [-0.2, -0.15) is 0 Å². The van der Waals surface area contributed by atoms with Crippen molar-refractivity contribution in [1.29, 1.82) is 0 Å². The van der Waals surface area contributed by atoms with Crippen LogP contribution in [0.15, 0.2) is 30.3 Å². The van der Waals surface area contributed by atoms with E-state index in [4.69, 9.17) is 5.84 Å². The molecule has 0 aliphatic heterocycles. The second-order valence-electron chi connectivity index (χ2n) is 3.61. The van der Waals surface area contributed by atoms with Gasteiger partial charge in [0.1, 0.15) is 0 Å². The van der Waals surface area contributed by atoms with Crippen LogP contribution in [-0.4, -0.2) is 6.04 Å². The van der Waals surface area contributed by atoms with E-state index >= 15 is 0 Å². The minimum Gasteiger partial charge on any atom is -0.271 e. The lowest BCUT2D eigenvalue weighted by molar-refractivity contribution is 0.419. The molecule has 78 valence electrons. The monoisotopic (exact) mass is 192 g/mol. The van der Waals surface area contributed by atoms with Gasteiger partial charge in [0.25, 0.3) is 0 Å². The Morgan fingerprint density at radius 1 is 1.14 bits per heavy atom. The summed E-state index contributed by atoms with van der Waals surface area (Å²) in [7, 11) is 0. The molecule has 1 aromatic carbocycles. The summed E-state index contributed by atoms with van der Waals surface area (Å²) < 4.78 is 0. The van der Waals surface area contributed by atoms with Crippen LogP contribution in [0.3, 0.4) is 0 Å². The summed E-state index contributed by atoms with van der Waals surface area (Å²) in [6.07, 6.45) is 2.18. The Bertz CT molecular complexity index is 242. The quantitative estimate of drug-likeness (QED) is 0.555. The van der Waals surface area contributed by atoms with E-state index < -0.39 is 0 Å².